The number of anilines is 2. The molecule has 0 radical (unpaired) electrons. The summed E-state index contributed by atoms with van der Waals surface area (Å²) in [5.74, 6) is 1.39. The zero-order valence-corrected chi connectivity index (χ0v) is 17.9. The number of ether oxygens (including phenoxy) is 1. The van der Waals surface area contributed by atoms with Crippen molar-refractivity contribution in [1.29, 1.82) is 0 Å². The van der Waals surface area contributed by atoms with E-state index >= 15 is 0 Å². The van der Waals surface area contributed by atoms with Crippen LogP contribution in [0, 0.1) is 5.82 Å². The standard InChI is InChI=1S/C21H22FN7OS.3H2/c1-13(14-4-6-15(22)7-5-14)25-17-12-16(26-21(27-17)30-10-11-31-2)18-19(23)28-29-9-3-8-24-20(18)29;;;/h3-9,12-13H,10-11H2,1-2H3,(H2,23,28)(H,25,26,27);3*1H/t13-;;;/m0.../s1. The van der Waals surface area contributed by atoms with Gasteiger partial charge in [0.05, 0.1) is 11.3 Å². The van der Waals surface area contributed by atoms with E-state index in [0.717, 1.165) is 11.3 Å². The molecule has 0 bridgehead atoms. The average molecular weight is 446 g/mol. The van der Waals surface area contributed by atoms with Gasteiger partial charge in [0.25, 0.3) is 0 Å². The van der Waals surface area contributed by atoms with Crippen molar-refractivity contribution in [2.45, 2.75) is 13.0 Å². The molecule has 0 amide bonds. The molecule has 0 aliphatic carbocycles. The van der Waals surface area contributed by atoms with Gasteiger partial charge in [0.15, 0.2) is 11.5 Å². The molecule has 1 atom stereocenters. The second-order valence-electron chi connectivity index (χ2n) is 6.83. The van der Waals surface area contributed by atoms with Crippen LogP contribution >= 0.6 is 11.8 Å². The van der Waals surface area contributed by atoms with Crippen molar-refractivity contribution < 1.29 is 13.4 Å². The Morgan fingerprint density at radius 3 is 2.87 bits per heavy atom. The molecule has 0 aliphatic rings. The predicted octanol–water partition coefficient (Wildman–Crippen LogP) is 4.56. The molecule has 4 rings (SSSR count). The number of benzene rings is 1. The van der Waals surface area contributed by atoms with Gasteiger partial charge in [-0.15, -0.1) is 5.10 Å². The van der Waals surface area contributed by atoms with Crippen LogP contribution in [0.25, 0.3) is 16.9 Å². The summed E-state index contributed by atoms with van der Waals surface area (Å²) in [7, 11) is 0. The van der Waals surface area contributed by atoms with E-state index in [4.69, 9.17) is 10.5 Å². The van der Waals surface area contributed by atoms with E-state index < -0.39 is 0 Å². The van der Waals surface area contributed by atoms with Gasteiger partial charge >= 0.3 is 6.01 Å². The molecule has 0 fully saturated rings. The van der Waals surface area contributed by atoms with Crippen molar-refractivity contribution in [3.63, 3.8) is 0 Å². The summed E-state index contributed by atoms with van der Waals surface area (Å²) in [6.07, 6.45) is 5.45. The van der Waals surface area contributed by atoms with Crippen LogP contribution in [0.2, 0.25) is 0 Å². The van der Waals surface area contributed by atoms with Crippen LogP contribution in [0.3, 0.4) is 0 Å². The molecule has 0 spiro atoms. The quantitative estimate of drug-likeness (QED) is 0.381. The first-order valence-corrected chi connectivity index (χ1v) is 11.1. The van der Waals surface area contributed by atoms with Gasteiger partial charge < -0.3 is 15.8 Å². The topological polar surface area (TPSA) is 103 Å². The fourth-order valence-electron chi connectivity index (χ4n) is 3.11. The average Bonchev–Trinajstić information content (AvgIpc) is 3.10. The molecule has 0 saturated carbocycles. The molecule has 0 unspecified atom stereocenters. The lowest BCUT2D eigenvalue weighted by Gasteiger charge is -2.16. The lowest BCUT2D eigenvalue weighted by Crippen LogP contribution is -2.11. The number of rotatable bonds is 8. The van der Waals surface area contributed by atoms with Crippen molar-refractivity contribution in [1.82, 2.24) is 24.6 Å². The summed E-state index contributed by atoms with van der Waals surface area (Å²) in [5.41, 5.74) is 8.85. The van der Waals surface area contributed by atoms with E-state index in [1.54, 1.807) is 52.9 Å². The maximum Gasteiger partial charge on any atom is 0.318 e. The fourth-order valence-corrected chi connectivity index (χ4v) is 3.36. The van der Waals surface area contributed by atoms with E-state index in [-0.39, 0.29) is 22.1 Å². The number of nitrogens with two attached hydrogens (primary N) is 1. The Morgan fingerprint density at radius 2 is 2.10 bits per heavy atom. The third-order valence-electron chi connectivity index (χ3n) is 4.64. The minimum Gasteiger partial charge on any atom is -0.463 e. The van der Waals surface area contributed by atoms with Gasteiger partial charge in [-0.05, 0) is 36.9 Å². The first-order chi connectivity index (χ1) is 15.0. The summed E-state index contributed by atoms with van der Waals surface area (Å²) in [6.45, 7) is 2.44. The van der Waals surface area contributed by atoms with Crippen LogP contribution in [0.5, 0.6) is 6.01 Å². The van der Waals surface area contributed by atoms with Crippen LogP contribution in [-0.4, -0.2) is 43.2 Å². The Hall–Kier alpha value is -3.40. The van der Waals surface area contributed by atoms with Gasteiger partial charge in [-0.1, -0.05) is 12.1 Å². The monoisotopic (exact) mass is 445 g/mol. The number of thioether (sulfide) groups is 1. The van der Waals surface area contributed by atoms with E-state index in [2.05, 4.69) is 25.4 Å². The van der Waals surface area contributed by atoms with Crippen LogP contribution in [0.4, 0.5) is 16.0 Å². The number of hydrogen-bond donors (Lipinski definition) is 2. The molecule has 10 heteroatoms. The van der Waals surface area contributed by atoms with E-state index in [9.17, 15) is 4.39 Å². The molecule has 4 aromatic rings. The van der Waals surface area contributed by atoms with E-state index in [1.807, 2.05) is 13.2 Å². The van der Waals surface area contributed by atoms with Crippen LogP contribution in [0.1, 0.15) is 22.8 Å². The summed E-state index contributed by atoms with van der Waals surface area (Å²) in [4.78, 5) is 13.4. The predicted molar refractivity (Wildman–Crippen MR) is 127 cm³/mol. The van der Waals surface area contributed by atoms with Crippen molar-refractivity contribution >= 4 is 29.0 Å². The smallest absolute Gasteiger partial charge is 0.318 e. The second-order valence-corrected chi connectivity index (χ2v) is 7.81. The Labute approximate surface area is 187 Å². The molecule has 3 aromatic heterocycles. The Morgan fingerprint density at radius 1 is 1.29 bits per heavy atom. The molecule has 31 heavy (non-hydrogen) atoms. The van der Waals surface area contributed by atoms with E-state index in [1.165, 1.54) is 12.1 Å². The normalized spacial score (nSPS) is 12.1. The molecular weight excluding hydrogens is 417 g/mol. The largest absolute Gasteiger partial charge is 0.463 e. The summed E-state index contributed by atoms with van der Waals surface area (Å²) >= 11 is 1.67. The maximum atomic E-state index is 13.3. The van der Waals surface area contributed by atoms with E-state index in [0.29, 0.717) is 35.1 Å². The number of aromatic nitrogens is 5. The van der Waals surface area contributed by atoms with Gasteiger partial charge in [-0.2, -0.15) is 21.7 Å². The zero-order valence-electron chi connectivity index (χ0n) is 17.1. The van der Waals surface area contributed by atoms with Crippen molar-refractivity contribution in [3.8, 4) is 17.3 Å². The first-order valence-electron chi connectivity index (χ1n) is 9.67. The lowest BCUT2D eigenvalue weighted by molar-refractivity contribution is 0.317. The molecule has 8 nitrogen and oxygen atoms in total. The van der Waals surface area contributed by atoms with Crippen molar-refractivity contribution in [3.05, 3.63) is 60.2 Å². The Kier molecular flexibility index (Phi) is 6.17. The minimum absolute atomic E-state index is 0. The first kappa shape index (κ1) is 20.9. The number of nitrogens with one attached hydrogen (secondary N) is 1. The molecule has 166 valence electrons. The summed E-state index contributed by atoms with van der Waals surface area (Å²) < 4.78 is 20.6. The van der Waals surface area contributed by atoms with Gasteiger partial charge in [0.2, 0.25) is 0 Å². The zero-order chi connectivity index (χ0) is 21.8. The van der Waals surface area contributed by atoms with Crippen LogP contribution in [0.15, 0.2) is 48.8 Å². The number of hydrogen-bond acceptors (Lipinski definition) is 8. The van der Waals surface area contributed by atoms with Crippen LogP contribution in [-0.2, 0) is 0 Å². The number of fused-ring (bicyclic) bond motifs is 1. The molecule has 0 aliphatic heterocycles. The van der Waals surface area contributed by atoms with Crippen molar-refractivity contribution in [2.75, 3.05) is 29.7 Å². The SMILES string of the molecule is CSCCOc1nc(N[C@@H](C)c2ccc(F)cc2)cc(-c2c(N)nn3cccnc23)n1.[HH].[HH].[HH]. The highest BCUT2D eigenvalue weighted by molar-refractivity contribution is 7.98. The number of nitrogens with zero attached hydrogens (tertiary/aromatic N) is 5. The Bertz CT molecular complexity index is 1200. The van der Waals surface area contributed by atoms with Gasteiger partial charge in [-0.3, -0.25) is 0 Å². The fraction of sp³-hybridized carbons (Fsp3) is 0.238. The minimum atomic E-state index is -0.277. The van der Waals surface area contributed by atoms with Gasteiger partial charge in [0.1, 0.15) is 18.2 Å². The molecule has 0 saturated heterocycles. The lowest BCUT2D eigenvalue weighted by atomic mass is 10.1. The van der Waals surface area contributed by atoms with Crippen LogP contribution < -0.4 is 15.8 Å². The summed E-state index contributed by atoms with van der Waals surface area (Å²) in [5, 5.41) is 7.64. The summed E-state index contributed by atoms with van der Waals surface area (Å²) in [6, 6.07) is 10.00. The second kappa shape index (κ2) is 9.17. The van der Waals surface area contributed by atoms with Crippen molar-refractivity contribution in [2.24, 2.45) is 0 Å². The van der Waals surface area contributed by atoms with Gasteiger partial charge in [-0.25, -0.2) is 13.9 Å². The third kappa shape index (κ3) is 4.69. The molecule has 1 aromatic carbocycles. The molecular formula is C21H28FN7OS. The highest BCUT2D eigenvalue weighted by atomic mass is 32.2. The highest BCUT2D eigenvalue weighted by Gasteiger charge is 2.18. The molecule has 3 heterocycles. The Balaban J connectivity index is 0.00000193. The third-order valence-corrected chi connectivity index (χ3v) is 5.21. The number of nitrogen functional groups attached to an aromatic ring is 1. The maximum absolute atomic E-state index is 13.3. The molecule has 3 N–H and O–H groups in total. The number of halogens is 1. The van der Waals surface area contributed by atoms with Gasteiger partial charge in [0, 0.05) is 34.5 Å². The highest BCUT2D eigenvalue weighted by Crippen LogP contribution is 2.31.